The monoisotopic (exact) mass is 297 g/mol. The molecule has 22 heavy (non-hydrogen) atoms. The van der Waals surface area contributed by atoms with Crippen molar-refractivity contribution in [3.05, 3.63) is 59.2 Å². The van der Waals surface area contributed by atoms with Crippen LogP contribution >= 0.6 is 0 Å². The topological polar surface area (TPSA) is 55.4 Å². The molecular weight excluding hydrogens is 278 g/mol. The minimum atomic E-state index is -0.234. The molecule has 0 bridgehead atoms. The summed E-state index contributed by atoms with van der Waals surface area (Å²) in [6.45, 7) is 3.54. The fourth-order valence-corrected chi connectivity index (χ4v) is 2.14. The number of nitrogens with one attached hydrogen (secondary N) is 1. The molecule has 2 rings (SSSR count). The van der Waals surface area contributed by atoms with Gasteiger partial charge in [-0.2, -0.15) is 0 Å². The van der Waals surface area contributed by atoms with Crippen molar-refractivity contribution in [2.75, 3.05) is 12.4 Å². The first-order valence-electron chi connectivity index (χ1n) is 7.14. The second kappa shape index (κ2) is 6.89. The predicted octanol–water partition coefficient (Wildman–Crippen LogP) is 3.71. The molecule has 0 aromatic heterocycles. The van der Waals surface area contributed by atoms with Gasteiger partial charge in [0, 0.05) is 11.3 Å². The number of ether oxygens (including phenoxy) is 1. The van der Waals surface area contributed by atoms with Crippen molar-refractivity contribution in [1.29, 1.82) is 0 Å². The van der Waals surface area contributed by atoms with Crippen molar-refractivity contribution < 1.29 is 14.3 Å². The highest BCUT2D eigenvalue weighted by Gasteiger charge is 2.13. The number of benzene rings is 2. The van der Waals surface area contributed by atoms with E-state index in [4.69, 9.17) is 4.74 Å². The minimum absolute atomic E-state index is 0.00445. The van der Waals surface area contributed by atoms with Gasteiger partial charge in [-0.05, 0) is 55.3 Å². The molecule has 0 aliphatic carbocycles. The number of carbonyl (C=O) groups is 2. The van der Waals surface area contributed by atoms with Crippen LogP contribution in [0, 0.1) is 0 Å². The molecule has 0 fully saturated rings. The molecule has 0 saturated heterocycles. The molecule has 2 aromatic rings. The van der Waals surface area contributed by atoms with Gasteiger partial charge in [0.1, 0.15) is 5.75 Å². The summed E-state index contributed by atoms with van der Waals surface area (Å²) < 4.78 is 5.25. The molecule has 114 valence electrons. The van der Waals surface area contributed by atoms with Crippen molar-refractivity contribution >= 4 is 17.4 Å². The maximum atomic E-state index is 12.4. The van der Waals surface area contributed by atoms with E-state index in [1.807, 2.05) is 19.1 Å². The van der Waals surface area contributed by atoms with E-state index in [1.54, 1.807) is 37.4 Å². The number of amides is 1. The van der Waals surface area contributed by atoms with Crippen LogP contribution in [0.15, 0.2) is 42.5 Å². The van der Waals surface area contributed by atoms with Crippen molar-refractivity contribution in [2.45, 2.75) is 20.3 Å². The maximum Gasteiger partial charge on any atom is 0.259 e. The Bertz CT molecular complexity index is 690. The molecule has 4 heteroatoms. The van der Waals surface area contributed by atoms with Crippen LogP contribution in [-0.2, 0) is 6.42 Å². The van der Waals surface area contributed by atoms with E-state index < -0.39 is 0 Å². The van der Waals surface area contributed by atoms with Crippen LogP contribution in [0.4, 0.5) is 5.69 Å². The van der Waals surface area contributed by atoms with E-state index in [2.05, 4.69) is 5.32 Å². The summed E-state index contributed by atoms with van der Waals surface area (Å²) in [5.74, 6) is 0.299. The Morgan fingerprint density at radius 2 is 1.77 bits per heavy atom. The van der Waals surface area contributed by atoms with Gasteiger partial charge in [0.2, 0.25) is 0 Å². The first kappa shape index (κ1) is 15.8. The lowest BCUT2D eigenvalue weighted by Crippen LogP contribution is -2.13. The zero-order valence-electron chi connectivity index (χ0n) is 13.0. The Morgan fingerprint density at radius 1 is 1.09 bits per heavy atom. The second-order valence-corrected chi connectivity index (χ2v) is 4.98. The molecule has 0 aliphatic rings. The third-order valence-electron chi connectivity index (χ3n) is 3.47. The van der Waals surface area contributed by atoms with Gasteiger partial charge in [-0.3, -0.25) is 9.59 Å². The summed E-state index contributed by atoms with van der Waals surface area (Å²) in [4.78, 5) is 23.7. The summed E-state index contributed by atoms with van der Waals surface area (Å²) in [5, 5.41) is 2.82. The van der Waals surface area contributed by atoms with E-state index in [0.717, 1.165) is 12.0 Å². The summed E-state index contributed by atoms with van der Waals surface area (Å²) in [5.41, 5.74) is 2.82. The summed E-state index contributed by atoms with van der Waals surface area (Å²) in [7, 11) is 1.54. The fourth-order valence-electron chi connectivity index (χ4n) is 2.14. The molecule has 0 aliphatic heterocycles. The van der Waals surface area contributed by atoms with Crippen molar-refractivity contribution in [3.63, 3.8) is 0 Å². The third kappa shape index (κ3) is 3.52. The molecule has 2 aromatic carbocycles. The summed E-state index contributed by atoms with van der Waals surface area (Å²) in [6.07, 6.45) is 0.845. The summed E-state index contributed by atoms with van der Waals surface area (Å²) in [6, 6.07) is 12.4. The molecule has 4 nitrogen and oxygen atoms in total. The van der Waals surface area contributed by atoms with Gasteiger partial charge in [0.15, 0.2) is 5.78 Å². The van der Waals surface area contributed by atoms with Gasteiger partial charge in [0.25, 0.3) is 5.91 Å². The van der Waals surface area contributed by atoms with Crippen molar-refractivity contribution in [1.82, 2.24) is 0 Å². The quantitative estimate of drug-likeness (QED) is 0.856. The summed E-state index contributed by atoms with van der Waals surface area (Å²) >= 11 is 0. The SMILES string of the molecule is CCc1ccc(OC)c(C(=O)Nc2ccc(C(C)=O)cc2)c1. The Morgan fingerprint density at radius 3 is 2.32 bits per heavy atom. The number of hydrogen-bond donors (Lipinski definition) is 1. The zero-order valence-corrected chi connectivity index (χ0v) is 13.0. The molecule has 1 amide bonds. The van der Waals surface area contributed by atoms with E-state index >= 15 is 0 Å². The minimum Gasteiger partial charge on any atom is -0.496 e. The van der Waals surface area contributed by atoms with Crippen molar-refractivity contribution in [3.8, 4) is 5.75 Å². The number of ketones is 1. The number of rotatable bonds is 5. The second-order valence-electron chi connectivity index (χ2n) is 4.98. The van der Waals surface area contributed by atoms with Gasteiger partial charge in [-0.25, -0.2) is 0 Å². The molecule has 0 heterocycles. The lowest BCUT2D eigenvalue weighted by molar-refractivity contribution is 0.101. The van der Waals surface area contributed by atoms with Crippen LogP contribution in [0.3, 0.4) is 0 Å². The van der Waals surface area contributed by atoms with Gasteiger partial charge in [0.05, 0.1) is 12.7 Å². The molecule has 0 spiro atoms. The highest BCUT2D eigenvalue weighted by Crippen LogP contribution is 2.22. The van der Waals surface area contributed by atoms with E-state index in [1.165, 1.54) is 6.92 Å². The first-order valence-corrected chi connectivity index (χ1v) is 7.14. The smallest absolute Gasteiger partial charge is 0.259 e. The van der Waals surface area contributed by atoms with Crippen LogP contribution in [0.2, 0.25) is 0 Å². The van der Waals surface area contributed by atoms with Gasteiger partial charge in [-0.15, -0.1) is 0 Å². The van der Waals surface area contributed by atoms with E-state index in [9.17, 15) is 9.59 Å². The predicted molar refractivity (Wildman–Crippen MR) is 86.8 cm³/mol. The molecule has 1 N–H and O–H groups in total. The van der Waals surface area contributed by atoms with Crippen LogP contribution in [-0.4, -0.2) is 18.8 Å². The Kier molecular flexibility index (Phi) is 4.94. The Hall–Kier alpha value is -2.62. The number of hydrogen-bond acceptors (Lipinski definition) is 3. The molecule has 0 unspecified atom stereocenters. The lowest BCUT2D eigenvalue weighted by Gasteiger charge is -2.11. The standard InChI is InChI=1S/C18H19NO3/c1-4-13-5-10-17(22-3)16(11-13)18(21)19-15-8-6-14(7-9-15)12(2)20/h5-11H,4H2,1-3H3,(H,19,21). The average molecular weight is 297 g/mol. The Balaban J connectivity index is 2.23. The number of carbonyl (C=O) groups excluding carboxylic acids is 2. The molecule has 0 saturated carbocycles. The van der Waals surface area contributed by atoms with E-state index in [-0.39, 0.29) is 11.7 Å². The van der Waals surface area contributed by atoms with E-state index in [0.29, 0.717) is 22.6 Å². The van der Waals surface area contributed by atoms with Crippen LogP contribution < -0.4 is 10.1 Å². The fraction of sp³-hybridized carbons (Fsp3) is 0.222. The Labute approximate surface area is 130 Å². The molecule has 0 atom stereocenters. The first-order chi connectivity index (χ1) is 10.5. The van der Waals surface area contributed by atoms with Crippen LogP contribution in [0.25, 0.3) is 0 Å². The number of methoxy groups -OCH3 is 1. The lowest BCUT2D eigenvalue weighted by atomic mass is 10.1. The molecular formula is C18H19NO3. The number of Topliss-reactive ketones (excluding diaryl/α,β-unsaturated/α-hetero) is 1. The van der Waals surface area contributed by atoms with Gasteiger partial charge < -0.3 is 10.1 Å². The zero-order chi connectivity index (χ0) is 16.1. The third-order valence-corrected chi connectivity index (χ3v) is 3.47. The number of aryl methyl sites for hydroxylation is 1. The largest absolute Gasteiger partial charge is 0.496 e. The average Bonchev–Trinajstić information content (AvgIpc) is 2.54. The van der Waals surface area contributed by atoms with Gasteiger partial charge in [-0.1, -0.05) is 13.0 Å². The van der Waals surface area contributed by atoms with Crippen LogP contribution in [0.5, 0.6) is 5.75 Å². The highest BCUT2D eigenvalue weighted by molar-refractivity contribution is 6.06. The highest BCUT2D eigenvalue weighted by atomic mass is 16.5. The number of anilines is 1. The van der Waals surface area contributed by atoms with Crippen LogP contribution in [0.1, 0.15) is 40.1 Å². The van der Waals surface area contributed by atoms with Crippen molar-refractivity contribution in [2.24, 2.45) is 0 Å². The van der Waals surface area contributed by atoms with Gasteiger partial charge >= 0.3 is 0 Å². The normalized spacial score (nSPS) is 10.1. The molecule has 0 radical (unpaired) electrons. The maximum absolute atomic E-state index is 12.4.